The van der Waals surface area contributed by atoms with Crippen molar-refractivity contribution in [2.75, 3.05) is 0 Å². The summed E-state index contributed by atoms with van der Waals surface area (Å²) < 4.78 is 0. The molecule has 0 radical (unpaired) electrons. The van der Waals surface area contributed by atoms with Crippen LogP contribution in [0.1, 0.15) is 20.7 Å². The van der Waals surface area contributed by atoms with Gasteiger partial charge in [0.05, 0.1) is 11.1 Å². The van der Waals surface area contributed by atoms with Crippen molar-refractivity contribution in [2.24, 2.45) is 0 Å². The van der Waals surface area contributed by atoms with Gasteiger partial charge in [0.15, 0.2) is 0 Å². The molecule has 0 fully saturated rings. The first kappa shape index (κ1) is 11.2. The van der Waals surface area contributed by atoms with Crippen molar-refractivity contribution >= 4 is 28.7 Å². The number of amides is 2. The van der Waals surface area contributed by atoms with Crippen molar-refractivity contribution in [3.8, 4) is 0 Å². The Morgan fingerprint density at radius 1 is 1.00 bits per heavy atom. The summed E-state index contributed by atoms with van der Waals surface area (Å²) in [5.74, 6) is -1.56. The van der Waals surface area contributed by atoms with E-state index in [1.165, 1.54) is 12.1 Å². The number of hydrogen-bond donors (Lipinski definition) is 1. The lowest BCUT2D eigenvalue weighted by atomic mass is 9.95. The minimum Gasteiger partial charge on any atom is -0.448 e. The Morgan fingerprint density at radius 3 is 2.00 bits per heavy atom. The van der Waals surface area contributed by atoms with Crippen molar-refractivity contribution < 1.29 is 24.3 Å². The molecule has 0 saturated carbocycles. The Balaban J connectivity index is 2.28. The minimum atomic E-state index is -1.71. The molecule has 1 aliphatic rings. The van der Waals surface area contributed by atoms with Crippen molar-refractivity contribution in [3.63, 3.8) is 0 Å². The molecule has 2 aromatic carbocycles. The normalized spacial score (nSPS) is 13.8. The van der Waals surface area contributed by atoms with Gasteiger partial charge in [0, 0.05) is 5.39 Å². The third-order valence-corrected chi connectivity index (χ3v) is 2.90. The molecule has 2 aromatic rings. The first-order chi connectivity index (χ1) is 9.09. The van der Waals surface area contributed by atoms with Crippen molar-refractivity contribution in [2.45, 2.75) is 0 Å². The number of hydroxylamine groups is 2. The molecule has 0 aliphatic carbocycles. The maximum atomic E-state index is 12.1. The van der Waals surface area contributed by atoms with E-state index < -0.39 is 18.0 Å². The quantitative estimate of drug-likeness (QED) is 0.790. The van der Waals surface area contributed by atoms with Crippen LogP contribution in [-0.4, -0.2) is 28.1 Å². The van der Waals surface area contributed by atoms with E-state index in [1.54, 1.807) is 24.3 Å². The SMILES string of the molecule is O=C(O)ON1C(=O)c2cccc3cccc(c23)C1=O. The smallest absolute Gasteiger partial charge is 0.448 e. The van der Waals surface area contributed by atoms with Gasteiger partial charge in [-0.25, -0.2) is 4.79 Å². The molecule has 2 amide bonds. The molecule has 0 aromatic heterocycles. The van der Waals surface area contributed by atoms with E-state index in [2.05, 4.69) is 4.84 Å². The van der Waals surface area contributed by atoms with Crippen LogP contribution < -0.4 is 0 Å². The number of carbonyl (C=O) groups excluding carboxylic acids is 2. The summed E-state index contributed by atoms with van der Waals surface area (Å²) >= 11 is 0. The molecule has 0 saturated heterocycles. The van der Waals surface area contributed by atoms with Crippen LogP contribution in [0.2, 0.25) is 0 Å². The van der Waals surface area contributed by atoms with Crippen LogP contribution in [0, 0.1) is 0 Å². The lowest BCUT2D eigenvalue weighted by Gasteiger charge is -2.23. The molecule has 0 bridgehead atoms. The Kier molecular flexibility index (Phi) is 2.25. The summed E-state index contributed by atoms with van der Waals surface area (Å²) in [5, 5.41) is 10.1. The van der Waals surface area contributed by atoms with Crippen LogP contribution in [0.5, 0.6) is 0 Å². The average Bonchev–Trinajstić information content (AvgIpc) is 2.40. The van der Waals surface area contributed by atoms with Crippen molar-refractivity contribution in [1.82, 2.24) is 5.06 Å². The summed E-state index contributed by atoms with van der Waals surface area (Å²) in [6.45, 7) is 0. The fourth-order valence-electron chi connectivity index (χ4n) is 2.17. The summed E-state index contributed by atoms with van der Waals surface area (Å²) in [4.78, 5) is 38.9. The molecule has 0 unspecified atom stereocenters. The highest BCUT2D eigenvalue weighted by Crippen LogP contribution is 2.29. The average molecular weight is 257 g/mol. The third-order valence-electron chi connectivity index (χ3n) is 2.90. The van der Waals surface area contributed by atoms with E-state index >= 15 is 0 Å². The van der Waals surface area contributed by atoms with E-state index in [4.69, 9.17) is 5.11 Å². The highest BCUT2D eigenvalue weighted by atomic mass is 16.8. The molecule has 0 spiro atoms. The number of hydrogen-bond acceptors (Lipinski definition) is 4. The van der Waals surface area contributed by atoms with Crippen LogP contribution in [0.4, 0.5) is 4.79 Å². The lowest BCUT2D eigenvalue weighted by Crippen LogP contribution is -2.41. The number of benzene rings is 2. The third kappa shape index (κ3) is 1.54. The molecule has 1 N–H and O–H groups in total. The molecular weight excluding hydrogens is 250 g/mol. The molecule has 3 rings (SSSR count). The zero-order valence-electron chi connectivity index (χ0n) is 9.49. The van der Waals surface area contributed by atoms with Crippen LogP contribution >= 0.6 is 0 Å². The van der Waals surface area contributed by atoms with Crippen molar-refractivity contribution in [1.29, 1.82) is 0 Å². The number of nitrogens with zero attached hydrogens (tertiary/aromatic N) is 1. The van der Waals surface area contributed by atoms with Crippen LogP contribution in [0.3, 0.4) is 0 Å². The van der Waals surface area contributed by atoms with Gasteiger partial charge in [0.2, 0.25) is 0 Å². The molecule has 6 heteroatoms. The van der Waals surface area contributed by atoms with E-state index in [-0.39, 0.29) is 16.2 Å². The number of rotatable bonds is 1. The first-order valence-corrected chi connectivity index (χ1v) is 5.41. The lowest BCUT2D eigenvalue weighted by molar-refractivity contribution is -0.0676. The highest BCUT2D eigenvalue weighted by Gasteiger charge is 2.35. The second-order valence-electron chi connectivity index (χ2n) is 3.97. The zero-order chi connectivity index (χ0) is 13.6. The fraction of sp³-hybridized carbons (Fsp3) is 0. The van der Waals surface area contributed by atoms with E-state index in [0.717, 1.165) is 5.39 Å². The molecule has 1 aliphatic heterocycles. The van der Waals surface area contributed by atoms with Gasteiger partial charge in [-0.15, -0.1) is 0 Å². The van der Waals surface area contributed by atoms with E-state index in [9.17, 15) is 14.4 Å². The topological polar surface area (TPSA) is 83.9 Å². The van der Waals surface area contributed by atoms with Gasteiger partial charge < -0.3 is 5.11 Å². The number of carboxylic acid groups (broad SMARTS) is 1. The van der Waals surface area contributed by atoms with Gasteiger partial charge in [0.25, 0.3) is 11.8 Å². The van der Waals surface area contributed by atoms with Gasteiger partial charge >= 0.3 is 6.16 Å². The Labute approximate surface area is 106 Å². The largest absolute Gasteiger partial charge is 0.531 e. The van der Waals surface area contributed by atoms with Crippen LogP contribution in [0.15, 0.2) is 36.4 Å². The number of imide groups is 1. The summed E-state index contributed by atoms with van der Waals surface area (Å²) in [6.07, 6.45) is -1.71. The molecule has 19 heavy (non-hydrogen) atoms. The molecule has 94 valence electrons. The summed E-state index contributed by atoms with van der Waals surface area (Å²) in [6, 6.07) is 9.92. The Morgan fingerprint density at radius 2 is 1.53 bits per heavy atom. The zero-order valence-corrected chi connectivity index (χ0v) is 9.49. The van der Waals surface area contributed by atoms with E-state index in [1.807, 2.05) is 0 Å². The maximum Gasteiger partial charge on any atom is 0.531 e. The monoisotopic (exact) mass is 257 g/mol. The van der Waals surface area contributed by atoms with Gasteiger partial charge in [-0.3, -0.25) is 14.4 Å². The second kappa shape index (κ2) is 3.81. The molecule has 6 nitrogen and oxygen atoms in total. The Bertz CT molecular complexity index is 686. The van der Waals surface area contributed by atoms with Gasteiger partial charge in [-0.1, -0.05) is 29.3 Å². The van der Waals surface area contributed by atoms with Crippen LogP contribution in [-0.2, 0) is 4.84 Å². The Hall–Kier alpha value is -2.89. The maximum absolute atomic E-state index is 12.1. The van der Waals surface area contributed by atoms with Gasteiger partial charge in [-0.2, -0.15) is 0 Å². The number of carbonyl (C=O) groups is 3. The minimum absolute atomic E-state index is 0.244. The fourth-order valence-corrected chi connectivity index (χ4v) is 2.17. The van der Waals surface area contributed by atoms with Gasteiger partial charge in [0.1, 0.15) is 0 Å². The van der Waals surface area contributed by atoms with Crippen LogP contribution in [0.25, 0.3) is 10.8 Å². The molecule has 0 atom stereocenters. The standard InChI is InChI=1S/C13H7NO5/c15-11-8-5-1-3-7-4-2-6-9(10(7)8)12(16)14(11)19-13(17)18/h1-6H,(H,17,18). The predicted molar refractivity (Wildman–Crippen MR) is 63.6 cm³/mol. The van der Waals surface area contributed by atoms with Crippen molar-refractivity contribution in [3.05, 3.63) is 47.5 Å². The molecule has 1 heterocycles. The first-order valence-electron chi connectivity index (χ1n) is 5.41. The highest BCUT2D eigenvalue weighted by molar-refractivity contribution is 6.25. The molecular formula is C13H7NO5. The summed E-state index contributed by atoms with van der Waals surface area (Å²) in [5.41, 5.74) is 0.489. The predicted octanol–water partition coefficient (Wildman–Crippen LogP) is 2.05. The summed E-state index contributed by atoms with van der Waals surface area (Å²) in [7, 11) is 0. The van der Waals surface area contributed by atoms with E-state index in [0.29, 0.717) is 5.39 Å². The second-order valence-corrected chi connectivity index (χ2v) is 3.97. The van der Waals surface area contributed by atoms with Gasteiger partial charge in [-0.05, 0) is 17.5 Å².